The minimum Gasteiger partial charge on any atom is -0.0991 e. The molecule has 0 aliphatic rings. The molecule has 0 rings (SSSR count). The van der Waals surface area contributed by atoms with Crippen LogP contribution in [0.15, 0.2) is 35.5 Å². The lowest BCUT2D eigenvalue weighted by Gasteiger charge is -2.11. The van der Waals surface area contributed by atoms with Gasteiger partial charge < -0.3 is 0 Å². The van der Waals surface area contributed by atoms with Gasteiger partial charge in [-0.25, -0.2) is 0 Å². The van der Waals surface area contributed by atoms with Crippen LogP contribution in [-0.4, -0.2) is 0 Å². The lowest BCUT2D eigenvalue weighted by atomic mass is 9.95. The zero-order chi connectivity index (χ0) is 9.72. The highest BCUT2D eigenvalue weighted by atomic mass is 14.1. The van der Waals surface area contributed by atoms with Crippen molar-refractivity contribution in [1.29, 1.82) is 0 Å². The second kappa shape index (κ2) is 4.97. The Morgan fingerprint density at radius 2 is 1.67 bits per heavy atom. The van der Waals surface area contributed by atoms with Crippen molar-refractivity contribution < 1.29 is 0 Å². The average Bonchev–Trinajstić information content (AvgIpc) is 2.02. The van der Waals surface area contributed by atoms with E-state index < -0.39 is 0 Å². The molecule has 12 heavy (non-hydrogen) atoms. The van der Waals surface area contributed by atoms with E-state index in [1.165, 1.54) is 16.7 Å². The Balaban J connectivity index is 4.77. The maximum Gasteiger partial charge on any atom is -0.0257 e. The van der Waals surface area contributed by atoms with Crippen LogP contribution in [-0.2, 0) is 0 Å². The molecule has 0 amide bonds. The Labute approximate surface area is 76.7 Å². The summed E-state index contributed by atoms with van der Waals surface area (Å²) in [5.74, 6) is 0.637. The molecule has 0 nitrogen and oxygen atoms in total. The molecule has 0 radical (unpaired) electrons. The van der Waals surface area contributed by atoms with Crippen molar-refractivity contribution in [3.8, 4) is 0 Å². The van der Waals surface area contributed by atoms with Crippen molar-refractivity contribution in [2.45, 2.75) is 34.6 Å². The van der Waals surface area contributed by atoms with E-state index in [-0.39, 0.29) is 0 Å². The normalized spacial score (nSPS) is 14.7. The molecule has 0 spiro atoms. The van der Waals surface area contributed by atoms with Crippen LogP contribution in [0.1, 0.15) is 34.6 Å². The van der Waals surface area contributed by atoms with Crippen molar-refractivity contribution in [1.82, 2.24) is 0 Å². The summed E-state index contributed by atoms with van der Waals surface area (Å²) in [7, 11) is 0. The third-order valence-corrected chi connectivity index (χ3v) is 2.42. The van der Waals surface area contributed by atoms with Crippen LogP contribution in [0.25, 0.3) is 0 Å². The van der Waals surface area contributed by atoms with Gasteiger partial charge in [-0.15, -0.1) is 0 Å². The first-order valence-electron chi connectivity index (χ1n) is 4.47. The SMILES string of the molecule is C=C/C=C(C)\C(C)=C(/C)C(C)C. The van der Waals surface area contributed by atoms with Crippen molar-refractivity contribution in [2.75, 3.05) is 0 Å². The number of hydrogen-bond acceptors (Lipinski definition) is 0. The maximum absolute atomic E-state index is 3.69. The van der Waals surface area contributed by atoms with E-state index in [9.17, 15) is 0 Å². The minimum atomic E-state index is 0.637. The molecule has 0 saturated heterocycles. The van der Waals surface area contributed by atoms with Crippen LogP contribution >= 0.6 is 0 Å². The smallest absolute Gasteiger partial charge is 0.0257 e. The van der Waals surface area contributed by atoms with E-state index in [1.807, 2.05) is 6.08 Å². The van der Waals surface area contributed by atoms with Crippen LogP contribution in [0.2, 0.25) is 0 Å². The van der Waals surface area contributed by atoms with Crippen LogP contribution in [0.3, 0.4) is 0 Å². The summed E-state index contributed by atoms with van der Waals surface area (Å²) in [6, 6.07) is 0. The van der Waals surface area contributed by atoms with Crippen LogP contribution in [0.4, 0.5) is 0 Å². The summed E-state index contributed by atoms with van der Waals surface area (Å²) in [5, 5.41) is 0. The van der Waals surface area contributed by atoms with Gasteiger partial charge >= 0.3 is 0 Å². The summed E-state index contributed by atoms with van der Waals surface area (Å²) in [6.45, 7) is 14.6. The zero-order valence-corrected chi connectivity index (χ0v) is 8.94. The highest BCUT2D eigenvalue weighted by Crippen LogP contribution is 2.19. The Kier molecular flexibility index (Phi) is 4.65. The van der Waals surface area contributed by atoms with Crippen molar-refractivity contribution in [2.24, 2.45) is 5.92 Å². The van der Waals surface area contributed by atoms with E-state index >= 15 is 0 Å². The fraction of sp³-hybridized carbons (Fsp3) is 0.500. The van der Waals surface area contributed by atoms with Gasteiger partial charge in [0.1, 0.15) is 0 Å². The molecule has 68 valence electrons. The van der Waals surface area contributed by atoms with Crippen molar-refractivity contribution in [3.63, 3.8) is 0 Å². The predicted molar refractivity (Wildman–Crippen MR) is 57.2 cm³/mol. The zero-order valence-electron chi connectivity index (χ0n) is 8.94. The van der Waals surface area contributed by atoms with Crippen molar-refractivity contribution >= 4 is 0 Å². The topological polar surface area (TPSA) is 0 Å². The predicted octanol–water partition coefficient (Wildman–Crippen LogP) is 4.11. The number of rotatable bonds is 3. The monoisotopic (exact) mass is 164 g/mol. The molecule has 0 aliphatic heterocycles. The third kappa shape index (κ3) is 3.08. The molecular formula is C12H20. The molecule has 0 aliphatic carbocycles. The van der Waals surface area contributed by atoms with Gasteiger partial charge in [0.05, 0.1) is 0 Å². The van der Waals surface area contributed by atoms with Gasteiger partial charge in [0.15, 0.2) is 0 Å². The first-order chi connectivity index (χ1) is 5.50. The van der Waals surface area contributed by atoms with Gasteiger partial charge in [-0.05, 0) is 37.8 Å². The van der Waals surface area contributed by atoms with Crippen molar-refractivity contribution in [3.05, 3.63) is 35.5 Å². The van der Waals surface area contributed by atoms with Gasteiger partial charge in [0.2, 0.25) is 0 Å². The molecule has 0 bridgehead atoms. The van der Waals surface area contributed by atoms with E-state index in [1.54, 1.807) is 0 Å². The summed E-state index contributed by atoms with van der Waals surface area (Å²) in [4.78, 5) is 0. The molecule has 0 unspecified atom stereocenters. The second-order valence-electron chi connectivity index (χ2n) is 3.55. The summed E-state index contributed by atoms with van der Waals surface area (Å²) < 4.78 is 0. The first-order valence-corrected chi connectivity index (χ1v) is 4.47. The van der Waals surface area contributed by atoms with Gasteiger partial charge in [-0.3, -0.25) is 0 Å². The van der Waals surface area contributed by atoms with E-state index in [0.717, 1.165) is 0 Å². The van der Waals surface area contributed by atoms with Crippen LogP contribution in [0, 0.1) is 5.92 Å². The number of hydrogen-bond donors (Lipinski definition) is 0. The fourth-order valence-corrected chi connectivity index (χ4v) is 1.05. The minimum absolute atomic E-state index is 0.637. The van der Waals surface area contributed by atoms with E-state index in [0.29, 0.717) is 5.92 Å². The van der Waals surface area contributed by atoms with Gasteiger partial charge in [0, 0.05) is 0 Å². The lowest BCUT2D eigenvalue weighted by molar-refractivity contribution is 0.758. The summed E-state index contributed by atoms with van der Waals surface area (Å²) in [5.41, 5.74) is 4.17. The first kappa shape index (κ1) is 11.2. The molecule has 0 atom stereocenters. The maximum atomic E-state index is 3.69. The summed E-state index contributed by atoms with van der Waals surface area (Å²) in [6.07, 6.45) is 3.90. The van der Waals surface area contributed by atoms with Crippen LogP contribution in [0.5, 0.6) is 0 Å². The fourth-order valence-electron chi connectivity index (χ4n) is 1.05. The Morgan fingerprint density at radius 3 is 2.00 bits per heavy atom. The summed E-state index contributed by atoms with van der Waals surface area (Å²) >= 11 is 0. The van der Waals surface area contributed by atoms with Crippen LogP contribution < -0.4 is 0 Å². The van der Waals surface area contributed by atoms with Gasteiger partial charge in [-0.2, -0.15) is 0 Å². The molecule has 0 heteroatoms. The highest BCUT2D eigenvalue weighted by Gasteiger charge is 2.02. The largest absolute Gasteiger partial charge is 0.0991 e. The van der Waals surface area contributed by atoms with E-state index in [2.05, 4.69) is 47.3 Å². The third-order valence-electron chi connectivity index (χ3n) is 2.42. The molecule has 0 saturated carbocycles. The quantitative estimate of drug-likeness (QED) is 0.551. The lowest BCUT2D eigenvalue weighted by Crippen LogP contribution is -1.94. The number of allylic oxidation sites excluding steroid dienone is 5. The standard InChI is InChI=1S/C12H20/c1-7-8-10(4)12(6)11(5)9(2)3/h7-9H,1H2,2-6H3/b10-8-,12-11+. The molecule has 0 aromatic carbocycles. The molecule has 0 N–H and O–H groups in total. The molecule has 0 aromatic heterocycles. The second-order valence-corrected chi connectivity index (χ2v) is 3.55. The Bertz CT molecular complexity index is 214. The Morgan fingerprint density at radius 1 is 1.17 bits per heavy atom. The average molecular weight is 164 g/mol. The molecule has 0 aromatic rings. The molecule has 0 heterocycles. The molecular weight excluding hydrogens is 144 g/mol. The van der Waals surface area contributed by atoms with Gasteiger partial charge in [0.25, 0.3) is 0 Å². The molecule has 0 fully saturated rings. The Hall–Kier alpha value is -0.780. The van der Waals surface area contributed by atoms with Gasteiger partial charge in [-0.1, -0.05) is 38.2 Å². The van der Waals surface area contributed by atoms with E-state index in [4.69, 9.17) is 0 Å². The highest BCUT2D eigenvalue weighted by molar-refractivity contribution is 5.33.